The Balaban J connectivity index is 1.46. The maximum Gasteiger partial charge on any atom is 0.309 e. The van der Waals surface area contributed by atoms with Crippen LogP contribution in [0.4, 0.5) is 0 Å². The number of Topliss-reactive ketones (excluding diaryl/α,β-unsaturated/α-hetero) is 1. The lowest BCUT2D eigenvalue weighted by Crippen LogP contribution is -2.41. The molecule has 0 atom stereocenters. The zero-order chi connectivity index (χ0) is 20.9. The van der Waals surface area contributed by atoms with E-state index in [1.165, 1.54) is 42.0 Å². The molecular formula is C22H31NO5S. The Hall–Kier alpha value is -1.73. The van der Waals surface area contributed by atoms with E-state index in [9.17, 15) is 18.0 Å². The summed E-state index contributed by atoms with van der Waals surface area (Å²) in [5, 5.41) is 0. The van der Waals surface area contributed by atoms with Crippen molar-refractivity contribution in [3.05, 3.63) is 35.4 Å². The maximum absolute atomic E-state index is 12.4. The van der Waals surface area contributed by atoms with Crippen molar-refractivity contribution in [2.75, 3.05) is 25.4 Å². The molecule has 1 saturated carbocycles. The predicted octanol–water partition coefficient (Wildman–Crippen LogP) is 3.52. The number of ether oxygens (including phenoxy) is 1. The minimum Gasteiger partial charge on any atom is -0.457 e. The van der Waals surface area contributed by atoms with Gasteiger partial charge >= 0.3 is 5.97 Å². The van der Waals surface area contributed by atoms with E-state index in [1.54, 1.807) is 6.92 Å². The normalized spacial score (nSPS) is 19.8. The van der Waals surface area contributed by atoms with Crippen LogP contribution in [0.15, 0.2) is 24.3 Å². The van der Waals surface area contributed by atoms with Crippen LogP contribution in [0, 0.1) is 5.92 Å². The van der Waals surface area contributed by atoms with E-state index in [0.29, 0.717) is 37.4 Å². The van der Waals surface area contributed by atoms with E-state index in [0.717, 1.165) is 0 Å². The number of sulfonamides is 1. The molecule has 0 N–H and O–H groups in total. The van der Waals surface area contributed by atoms with Crippen LogP contribution < -0.4 is 0 Å². The van der Waals surface area contributed by atoms with Crippen LogP contribution in [-0.4, -0.2) is 49.9 Å². The van der Waals surface area contributed by atoms with Gasteiger partial charge in [0.15, 0.2) is 12.4 Å². The first-order chi connectivity index (χ1) is 13.9. The lowest BCUT2D eigenvalue weighted by Gasteiger charge is -2.29. The Morgan fingerprint density at radius 1 is 1.00 bits per heavy atom. The molecule has 1 aliphatic carbocycles. The van der Waals surface area contributed by atoms with Crippen LogP contribution in [0.2, 0.25) is 0 Å². The molecule has 6 nitrogen and oxygen atoms in total. The van der Waals surface area contributed by atoms with Crippen molar-refractivity contribution in [1.82, 2.24) is 4.31 Å². The van der Waals surface area contributed by atoms with Gasteiger partial charge in [-0.15, -0.1) is 0 Å². The number of hydrogen-bond acceptors (Lipinski definition) is 5. The molecule has 0 spiro atoms. The fourth-order valence-corrected chi connectivity index (χ4v) is 5.40. The summed E-state index contributed by atoms with van der Waals surface area (Å²) in [6.45, 7) is 2.00. The highest BCUT2D eigenvalue weighted by Gasteiger charge is 2.31. The molecular weight excluding hydrogens is 390 g/mol. The van der Waals surface area contributed by atoms with Gasteiger partial charge in [0, 0.05) is 18.7 Å². The van der Waals surface area contributed by atoms with Crippen LogP contribution in [0.25, 0.3) is 0 Å². The van der Waals surface area contributed by atoms with Crippen LogP contribution in [-0.2, 0) is 19.6 Å². The van der Waals surface area contributed by atoms with Gasteiger partial charge in [0.2, 0.25) is 10.0 Å². The maximum atomic E-state index is 12.4. The molecule has 0 bridgehead atoms. The summed E-state index contributed by atoms with van der Waals surface area (Å²) >= 11 is 0. The van der Waals surface area contributed by atoms with Crippen molar-refractivity contribution >= 4 is 21.8 Å². The number of piperidine rings is 1. The van der Waals surface area contributed by atoms with Gasteiger partial charge in [-0.25, -0.2) is 12.7 Å². The molecule has 0 unspecified atom stereocenters. The fourth-order valence-electron chi connectivity index (χ4n) is 4.27. The number of benzene rings is 1. The second kappa shape index (κ2) is 9.85. The van der Waals surface area contributed by atoms with Crippen LogP contribution in [0.1, 0.15) is 73.7 Å². The first kappa shape index (κ1) is 22.0. The average molecular weight is 422 g/mol. The molecule has 160 valence electrons. The third-order valence-corrected chi connectivity index (χ3v) is 8.08. The van der Waals surface area contributed by atoms with Gasteiger partial charge in [0.05, 0.1) is 11.7 Å². The number of nitrogens with zero attached hydrogens (tertiary/aromatic N) is 1. The van der Waals surface area contributed by atoms with E-state index < -0.39 is 16.0 Å². The molecule has 0 radical (unpaired) electrons. The van der Waals surface area contributed by atoms with Gasteiger partial charge in [0.25, 0.3) is 0 Å². The van der Waals surface area contributed by atoms with E-state index in [-0.39, 0.29) is 24.1 Å². The second-order valence-electron chi connectivity index (χ2n) is 8.06. The molecule has 2 fully saturated rings. The van der Waals surface area contributed by atoms with Gasteiger partial charge in [-0.1, -0.05) is 43.5 Å². The Kier molecular flexibility index (Phi) is 7.46. The van der Waals surface area contributed by atoms with Crippen molar-refractivity contribution in [2.24, 2.45) is 5.92 Å². The molecule has 1 saturated heterocycles. The number of esters is 1. The van der Waals surface area contributed by atoms with Crippen molar-refractivity contribution in [3.63, 3.8) is 0 Å². The van der Waals surface area contributed by atoms with Crippen LogP contribution >= 0.6 is 0 Å². The van der Waals surface area contributed by atoms with E-state index in [2.05, 4.69) is 0 Å². The molecule has 1 aromatic rings. The summed E-state index contributed by atoms with van der Waals surface area (Å²) in [4.78, 5) is 24.7. The molecule has 3 rings (SSSR count). The standard InChI is InChI=1S/C22H31NO5S/c1-2-29(26,27)23-14-12-20(13-15-23)22(25)28-16-21(24)19-10-8-18(9-11-19)17-6-4-3-5-7-17/h8-11,17,20H,2-7,12-16H2,1H3. The van der Waals surface area contributed by atoms with Crippen molar-refractivity contribution in [1.29, 1.82) is 0 Å². The Bertz CT molecular complexity index is 804. The van der Waals surface area contributed by atoms with Crippen LogP contribution in [0.3, 0.4) is 0 Å². The lowest BCUT2D eigenvalue weighted by molar-refractivity contribution is -0.148. The van der Waals surface area contributed by atoms with Gasteiger partial charge < -0.3 is 4.74 Å². The predicted molar refractivity (Wildman–Crippen MR) is 111 cm³/mol. The molecule has 1 aromatic carbocycles. The third kappa shape index (κ3) is 5.66. The number of carbonyl (C=O) groups is 2. The molecule has 0 aromatic heterocycles. The Morgan fingerprint density at radius 3 is 2.21 bits per heavy atom. The molecule has 29 heavy (non-hydrogen) atoms. The fraction of sp³-hybridized carbons (Fsp3) is 0.636. The zero-order valence-electron chi connectivity index (χ0n) is 17.1. The summed E-state index contributed by atoms with van der Waals surface area (Å²) < 4.78 is 30.4. The molecule has 0 amide bonds. The minimum absolute atomic E-state index is 0.0656. The molecule has 1 heterocycles. The van der Waals surface area contributed by atoms with Gasteiger partial charge in [-0.2, -0.15) is 0 Å². The first-order valence-corrected chi connectivity index (χ1v) is 12.3. The van der Waals surface area contributed by atoms with Crippen molar-refractivity contribution in [3.8, 4) is 0 Å². The summed E-state index contributed by atoms with van der Waals surface area (Å²) in [6.07, 6.45) is 7.14. The quantitative estimate of drug-likeness (QED) is 0.497. The number of rotatable bonds is 7. The van der Waals surface area contributed by atoms with Crippen LogP contribution in [0.5, 0.6) is 0 Å². The Morgan fingerprint density at radius 2 is 1.62 bits per heavy atom. The monoisotopic (exact) mass is 421 g/mol. The van der Waals surface area contributed by atoms with E-state index >= 15 is 0 Å². The lowest BCUT2D eigenvalue weighted by atomic mass is 9.84. The first-order valence-electron chi connectivity index (χ1n) is 10.7. The SMILES string of the molecule is CCS(=O)(=O)N1CCC(C(=O)OCC(=O)c2ccc(C3CCCCC3)cc2)CC1. The summed E-state index contributed by atoms with van der Waals surface area (Å²) in [5.74, 6) is -0.311. The summed E-state index contributed by atoms with van der Waals surface area (Å²) in [5.41, 5.74) is 1.84. The molecule has 1 aliphatic heterocycles. The average Bonchev–Trinajstić information content (AvgIpc) is 2.78. The molecule has 7 heteroatoms. The summed E-state index contributed by atoms with van der Waals surface area (Å²) in [7, 11) is -3.22. The van der Waals surface area contributed by atoms with Gasteiger partial charge in [-0.05, 0) is 44.1 Å². The largest absolute Gasteiger partial charge is 0.457 e. The number of ketones is 1. The topological polar surface area (TPSA) is 80.8 Å². The highest BCUT2D eigenvalue weighted by Crippen LogP contribution is 2.32. The van der Waals surface area contributed by atoms with Crippen molar-refractivity contribution < 1.29 is 22.7 Å². The minimum atomic E-state index is -3.22. The smallest absolute Gasteiger partial charge is 0.309 e. The van der Waals surface area contributed by atoms with Gasteiger partial charge in [0.1, 0.15) is 0 Å². The number of carbonyl (C=O) groups excluding carboxylic acids is 2. The van der Waals surface area contributed by atoms with Crippen molar-refractivity contribution in [2.45, 2.75) is 57.8 Å². The second-order valence-corrected chi connectivity index (χ2v) is 10.3. The highest BCUT2D eigenvalue weighted by atomic mass is 32.2. The molecule has 2 aliphatic rings. The Labute approximate surface area is 173 Å². The number of hydrogen-bond donors (Lipinski definition) is 0. The van der Waals surface area contributed by atoms with E-state index in [1.807, 2.05) is 24.3 Å². The summed E-state index contributed by atoms with van der Waals surface area (Å²) in [6, 6.07) is 7.70. The third-order valence-electron chi connectivity index (χ3n) is 6.20. The highest BCUT2D eigenvalue weighted by molar-refractivity contribution is 7.89. The van der Waals surface area contributed by atoms with Gasteiger partial charge in [-0.3, -0.25) is 9.59 Å². The zero-order valence-corrected chi connectivity index (χ0v) is 18.0. The van der Waals surface area contributed by atoms with E-state index in [4.69, 9.17) is 4.74 Å².